The lowest BCUT2D eigenvalue weighted by atomic mass is 10.0. The first kappa shape index (κ1) is 64.8. The largest absolute Gasteiger partial charge is 0.507 e. The number of aromatic hydroxyl groups is 5. The molecule has 5 N–H and O–H groups in total. The minimum Gasteiger partial charge on any atom is -0.507 e. The molecule has 0 aliphatic heterocycles. The normalized spacial score (nSPS) is 10.1. The molecule has 0 fully saturated rings. The van der Waals surface area contributed by atoms with E-state index in [-0.39, 0.29) is 58.9 Å². The monoisotopic (exact) mass is 1180 g/mol. The average molecular weight is 1190 g/mol. The maximum Gasteiger partial charge on any atom is 0.419 e. The number of benzene rings is 6. The third kappa shape index (κ3) is 21.0. The van der Waals surface area contributed by atoms with Gasteiger partial charge in [0.1, 0.15) is 60.7 Å². The van der Waals surface area contributed by atoms with E-state index in [2.05, 4.69) is 31.9 Å². The number of phenols is 5. The molecular formula is C51H44Br2F6O16. The van der Waals surface area contributed by atoms with Gasteiger partial charge in [0.2, 0.25) is 5.75 Å². The predicted octanol–water partition coefficient (Wildman–Crippen LogP) is 11.7. The molecule has 0 aliphatic carbocycles. The quantitative estimate of drug-likeness (QED) is 0.0370. The number of carbonyl (C=O) groups excluding carboxylic acids is 7. The van der Waals surface area contributed by atoms with Crippen molar-refractivity contribution in [2.24, 2.45) is 0 Å². The molecule has 16 nitrogen and oxygen atoms in total. The lowest BCUT2D eigenvalue weighted by Gasteiger charge is -2.15. The summed E-state index contributed by atoms with van der Waals surface area (Å²) < 4.78 is 94.0. The highest BCUT2D eigenvalue weighted by Crippen LogP contribution is 2.44. The van der Waals surface area contributed by atoms with Crippen LogP contribution in [0.15, 0.2) is 99.9 Å². The highest BCUT2D eigenvalue weighted by atomic mass is 79.9. The summed E-state index contributed by atoms with van der Waals surface area (Å²) >= 11 is 6.20. The highest BCUT2D eigenvalue weighted by Gasteiger charge is 2.41. The predicted molar refractivity (Wildman–Crippen MR) is 265 cm³/mol. The van der Waals surface area contributed by atoms with Crippen molar-refractivity contribution in [1.82, 2.24) is 0 Å². The fourth-order valence-electron chi connectivity index (χ4n) is 5.40. The van der Waals surface area contributed by atoms with Crippen molar-refractivity contribution in [3.63, 3.8) is 0 Å². The number of aryl methyl sites for hydroxylation is 2. The Morgan fingerprint density at radius 1 is 0.453 bits per heavy atom. The van der Waals surface area contributed by atoms with Crippen LogP contribution in [-0.4, -0.2) is 90.5 Å². The Bertz CT molecular complexity index is 2780. The van der Waals surface area contributed by atoms with E-state index in [0.717, 1.165) is 30.0 Å². The Morgan fingerprint density at radius 2 is 0.800 bits per heavy atom. The number of hydrogen-bond donors (Lipinski definition) is 5. The van der Waals surface area contributed by atoms with Crippen molar-refractivity contribution in [1.29, 1.82) is 0 Å². The number of esters is 1. The van der Waals surface area contributed by atoms with E-state index in [0.29, 0.717) is 60.8 Å². The van der Waals surface area contributed by atoms with Gasteiger partial charge in [-0.2, -0.15) is 26.3 Å². The Labute approximate surface area is 440 Å². The number of aldehydes is 6. The van der Waals surface area contributed by atoms with Crippen molar-refractivity contribution < 1.29 is 104 Å². The van der Waals surface area contributed by atoms with Gasteiger partial charge in [0, 0.05) is 40.3 Å². The molecule has 6 aromatic carbocycles. The third-order valence-electron chi connectivity index (χ3n) is 8.96. The van der Waals surface area contributed by atoms with Crippen molar-refractivity contribution in [2.75, 3.05) is 21.3 Å². The molecule has 0 heterocycles. The van der Waals surface area contributed by atoms with Crippen LogP contribution in [0.25, 0.3) is 0 Å². The van der Waals surface area contributed by atoms with Gasteiger partial charge in [-0.3, -0.25) is 33.6 Å². The minimum absolute atomic E-state index is 0.0399. The zero-order valence-corrected chi connectivity index (χ0v) is 43.0. The zero-order valence-electron chi connectivity index (χ0n) is 39.9. The van der Waals surface area contributed by atoms with Gasteiger partial charge in [0.15, 0.2) is 23.0 Å². The van der Waals surface area contributed by atoms with Crippen LogP contribution in [0.2, 0.25) is 0 Å². The smallest absolute Gasteiger partial charge is 0.419 e. The molecule has 0 radical (unpaired) electrons. The van der Waals surface area contributed by atoms with Gasteiger partial charge in [-0.25, -0.2) is 0 Å². The molecule has 0 amide bonds. The summed E-state index contributed by atoms with van der Waals surface area (Å²) in [6.45, 7) is 4.87. The standard InChI is InChI=1S/C9H4F6O2.C9H10O4.C9H8O3.C9H10O2.C8H8O3.C7H4Br2O2/c10-8(11,12)5-1-4(3-16)2-6(7(5)17)9(13,14)15;1-12-7-3-6(5-10)4-8(13-2)9(7)11;1-7(11)12-9-4-2-8(6-10)3-5-9;1-6-3-8(5-10)4-7(2)9(6)11;1-11-8-4-6(5-9)2-3-7(8)10;8-5-1-4(3-10)2-6(9)7(5)11/h1-3,17H;3-5,11H,1-2H3;2-6H,1H3;3-5,11H,1-2H3;2-5,10H,1H3;1-3,11H. The van der Waals surface area contributed by atoms with E-state index < -0.39 is 34.8 Å². The molecule has 0 saturated heterocycles. The van der Waals surface area contributed by atoms with Crippen LogP contribution < -0.4 is 18.9 Å². The molecule has 0 aromatic heterocycles. The molecule has 0 unspecified atom stereocenters. The number of ether oxygens (including phenoxy) is 4. The molecule has 400 valence electrons. The second-order valence-electron chi connectivity index (χ2n) is 14.4. The van der Waals surface area contributed by atoms with Crippen LogP contribution in [-0.2, 0) is 17.1 Å². The summed E-state index contributed by atoms with van der Waals surface area (Å²) in [6.07, 6.45) is -6.94. The highest BCUT2D eigenvalue weighted by molar-refractivity contribution is 9.11. The molecule has 75 heavy (non-hydrogen) atoms. The summed E-state index contributed by atoms with van der Waals surface area (Å²) in [5.41, 5.74) is -0.554. The number of alkyl halides is 6. The summed E-state index contributed by atoms with van der Waals surface area (Å²) in [6, 6.07) is 20.3. The Kier molecular flexibility index (Phi) is 26.5. The summed E-state index contributed by atoms with van der Waals surface area (Å²) in [5, 5.41) is 46.0. The van der Waals surface area contributed by atoms with Gasteiger partial charge in [0.25, 0.3) is 0 Å². The van der Waals surface area contributed by atoms with Gasteiger partial charge < -0.3 is 44.5 Å². The Morgan fingerprint density at radius 3 is 1.16 bits per heavy atom. The molecular weight excluding hydrogens is 1140 g/mol. The first-order valence-electron chi connectivity index (χ1n) is 20.4. The first-order valence-corrected chi connectivity index (χ1v) is 22.0. The van der Waals surface area contributed by atoms with Crippen LogP contribution in [0.1, 0.15) is 91.3 Å². The zero-order chi connectivity index (χ0) is 57.4. The lowest BCUT2D eigenvalue weighted by molar-refractivity contribution is -0.145. The average Bonchev–Trinajstić information content (AvgIpc) is 3.37. The topological polar surface area (TPSA) is 258 Å². The van der Waals surface area contributed by atoms with Gasteiger partial charge >= 0.3 is 18.3 Å². The maximum absolute atomic E-state index is 12.3. The number of phenolic OH excluding ortho intramolecular Hbond substituents is 5. The van der Waals surface area contributed by atoms with Gasteiger partial charge in [-0.05, 0) is 148 Å². The fraction of sp³-hybridized carbons (Fsp3) is 0.157. The maximum atomic E-state index is 12.3. The van der Waals surface area contributed by atoms with Crippen LogP contribution in [0.3, 0.4) is 0 Å². The fourth-order valence-corrected chi connectivity index (χ4v) is 6.62. The first-order chi connectivity index (χ1) is 35.1. The van der Waals surface area contributed by atoms with Gasteiger partial charge in [-0.1, -0.05) is 0 Å². The van der Waals surface area contributed by atoms with Crippen LogP contribution in [0, 0.1) is 13.8 Å². The second kappa shape index (κ2) is 30.7. The molecule has 6 aromatic rings. The Hall–Kier alpha value is -8.25. The number of rotatable bonds is 10. The SMILES string of the molecule is CC(=O)Oc1ccc(C=O)cc1.COc1cc(C=O)cc(OC)c1O.COc1cc(C=O)ccc1O.Cc1cc(C=O)cc(C)c1O.O=Cc1cc(Br)c(O)c(Br)c1.O=Cc1cc(C(F)(F)F)c(O)c(C(F)(F)F)c1. The van der Waals surface area contributed by atoms with E-state index in [1.165, 1.54) is 58.6 Å². The third-order valence-corrected chi connectivity index (χ3v) is 10.2. The van der Waals surface area contributed by atoms with E-state index in [1.807, 2.05) is 0 Å². The van der Waals surface area contributed by atoms with Crippen molar-refractivity contribution in [3.8, 4) is 51.7 Å². The molecule has 0 bridgehead atoms. The van der Waals surface area contributed by atoms with Crippen molar-refractivity contribution >= 4 is 75.5 Å². The minimum atomic E-state index is -5.18. The van der Waals surface area contributed by atoms with Crippen LogP contribution in [0.4, 0.5) is 26.3 Å². The van der Waals surface area contributed by atoms with E-state index in [1.54, 1.807) is 62.4 Å². The number of hydrogen-bond acceptors (Lipinski definition) is 16. The number of methoxy groups -OCH3 is 3. The molecule has 0 atom stereocenters. The van der Waals surface area contributed by atoms with Crippen LogP contribution in [0.5, 0.6) is 51.7 Å². The molecule has 0 saturated carbocycles. The van der Waals surface area contributed by atoms with E-state index in [9.17, 15) is 75.2 Å². The van der Waals surface area contributed by atoms with Crippen molar-refractivity contribution in [2.45, 2.75) is 33.1 Å². The number of carbonyl (C=O) groups is 7. The van der Waals surface area contributed by atoms with Gasteiger partial charge in [-0.15, -0.1) is 0 Å². The molecule has 0 aliphatic rings. The number of halogens is 8. The molecule has 6 rings (SSSR count). The Balaban J connectivity index is 0.000000453. The summed E-state index contributed by atoms with van der Waals surface area (Å²) in [5.74, 6) is -0.769. The summed E-state index contributed by atoms with van der Waals surface area (Å²) in [4.78, 5) is 72.3. The van der Waals surface area contributed by atoms with E-state index >= 15 is 0 Å². The molecule has 24 heteroatoms. The van der Waals surface area contributed by atoms with Crippen molar-refractivity contribution in [3.05, 3.63) is 156 Å². The van der Waals surface area contributed by atoms with E-state index in [4.69, 9.17) is 29.2 Å². The lowest BCUT2D eigenvalue weighted by Crippen LogP contribution is -2.12. The molecule has 0 spiro atoms. The van der Waals surface area contributed by atoms with Gasteiger partial charge in [0.05, 0.1) is 41.4 Å². The second-order valence-corrected chi connectivity index (χ2v) is 16.1. The summed E-state index contributed by atoms with van der Waals surface area (Å²) in [7, 11) is 4.25. The van der Waals surface area contributed by atoms with Crippen LogP contribution >= 0.6 is 31.9 Å².